The fourth-order valence-electron chi connectivity index (χ4n) is 9.08. The number of aromatic nitrogens is 5. The van der Waals surface area contributed by atoms with Gasteiger partial charge in [-0.1, -0.05) is 176 Å². The molecule has 0 amide bonds. The lowest BCUT2D eigenvalue weighted by molar-refractivity contribution is 1.07. The third-order valence-corrected chi connectivity index (χ3v) is 12.0. The summed E-state index contributed by atoms with van der Waals surface area (Å²) in [5.74, 6) is 1.94. The minimum Gasteiger partial charge on any atom is -0.309 e. The molecule has 5 nitrogen and oxygen atoms in total. The average molecular weight is 792 g/mol. The smallest absolute Gasteiger partial charge is 0.164 e. The SMILES string of the molecule is c1ccc(-c2nc(-c3ccccc3)nc(-c3ccc(-c4ccc5c6ccccc6n(-c6ccc(-c7cccc8c7c7ccccc7n8-c7ccccc7)cc6)c5c4)cc3)n2)cc1. The summed E-state index contributed by atoms with van der Waals surface area (Å²) in [7, 11) is 0. The van der Waals surface area contributed by atoms with Crippen molar-refractivity contribution < 1.29 is 0 Å². The second-order valence-electron chi connectivity index (χ2n) is 15.6. The molecule has 9 aromatic carbocycles. The van der Waals surface area contributed by atoms with Crippen molar-refractivity contribution in [2.45, 2.75) is 0 Å². The van der Waals surface area contributed by atoms with Gasteiger partial charge in [0, 0.05) is 49.6 Å². The van der Waals surface area contributed by atoms with E-state index >= 15 is 0 Å². The zero-order chi connectivity index (χ0) is 41.0. The lowest BCUT2D eigenvalue weighted by atomic mass is 9.99. The lowest BCUT2D eigenvalue weighted by Gasteiger charge is -2.12. The Morgan fingerprint density at radius 2 is 0.694 bits per heavy atom. The molecule has 62 heavy (non-hydrogen) atoms. The maximum absolute atomic E-state index is 4.95. The topological polar surface area (TPSA) is 48.5 Å². The van der Waals surface area contributed by atoms with E-state index in [0.29, 0.717) is 17.5 Å². The molecule has 5 heteroatoms. The van der Waals surface area contributed by atoms with Crippen molar-refractivity contribution >= 4 is 43.6 Å². The van der Waals surface area contributed by atoms with Crippen LogP contribution in [0.5, 0.6) is 0 Å². The summed E-state index contributed by atoms with van der Waals surface area (Å²) in [5, 5.41) is 4.95. The highest BCUT2D eigenvalue weighted by molar-refractivity contribution is 6.16. The standard InChI is InChI=1S/C57H37N5/c1-4-15-40(16-5-1)55-58-56(41-17-6-2-7-18-41)60-57(59-55)42-29-27-38(28-30-42)43-33-36-48-47-21-10-12-24-50(47)62(53(48)37-43)45-34-31-39(32-35-45)46-23-14-26-52-54(46)49-22-11-13-25-51(49)61(52)44-19-8-3-9-20-44/h1-37H. The Labute approximate surface area is 358 Å². The molecule has 0 radical (unpaired) electrons. The van der Waals surface area contributed by atoms with Gasteiger partial charge in [0.15, 0.2) is 17.5 Å². The van der Waals surface area contributed by atoms with Gasteiger partial charge in [0.05, 0.1) is 22.1 Å². The fraction of sp³-hybridized carbons (Fsp3) is 0. The zero-order valence-electron chi connectivity index (χ0n) is 33.6. The van der Waals surface area contributed by atoms with E-state index in [1.807, 2.05) is 60.7 Å². The monoisotopic (exact) mass is 791 g/mol. The van der Waals surface area contributed by atoms with E-state index in [-0.39, 0.29) is 0 Å². The number of hydrogen-bond donors (Lipinski definition) is 0. The summed E-state index contributed by atoms with van der Waals surface area (Å²) < 4.78 is 4.78. The van der Waals surface area contributed by atoms with Crippen LogP contribution in [-0.2, 0) is 0 Å². The van der Waals surface area contributed by atoms with Crippen LogP contribution in [0.1, 0.15) is 0 Å². The van der Waals surface area contributed by atoms with Gasteiger partial charge in [-0.25, -0.2) is 15.0 Å². The Kier molecular flexibility index (Phi) is 8.42. The third-order valence-electron chi connectivity index (χ3n) is 12.0. The molecule has 0 bridgehead atoms. The van der Waals surface area contributed by atoms with Gasteiger partial charge >= 0.3 is 0 Å². The Morgan fingerprint density at radius 3 is 1.34 bits per heavy atom. The highest BCUT2D eigenvalue weighted by Crippen LogP contribution is 2.40. The predicted octanol–water partition coefficient (Wildman–Crippen LogP) is 14.4. The molecular weight excluding hydrogens is 755 g/mol. The van der Waals surface area contributed by atoms with Crippen LogP contribution in [0.3, 0.4) is 0 Å². The van der Waals surface area contributed by atoms with Gasteiger partial charge in [-0.05, 0) is 70.8 Å². The number of benzene rings is 9. The summed E-state index contributed by atoms with van der Waals surface area (Å²) in [5.41, 5.74) is 14.5. The van der Waals surface area contributed by atoms with Gasteiger partial charge in [-0.2, -0.15) is 0 Å². The first-order chi connectivity index (χ1) is 30.7. The molecule has 0 saturated carbocycles. The van der Waals surface area contributed by atoms with E-state index in [4.69, 9.17) is 15.0 Å². The first kappa shape index (κ1) is 35.5. The molecule has 0 saturated heterocycles. The van der Waals surface area contributed by atoms with Gasteiger partial charge in [0.25, 0.3) is 0 Å². The van der Waals surface area contributed by atoms with Crippen LogP contribution >= 0.6 is 0 Å². The second-order valence-corrected chi connectivity index (χ2v) is 15.6. The Balaban J connectivity index is 0.932. The Hall–Kier alpha value is -8.41. The van der Waals surface area contributed by atoms with Gasteiger partial charge in [-0.3, -0.25) is 0 Å². The maximum atomic E-state index is 4.95. The van der Waals surface area contributed by atoms with Gasteiger partial charge < -0.3 is 9.13 Å². The molecule has 12 rings (SSSR count). The highest BCUT2D eigenvalue weighted by Gasteiger charge is 2.18. The minimum absolute atomic E-state index is 0.640. The fourth-order valence-corrected chi connectivity index (χ4v) is 9.08. The van der Waals surface area contributed by atoms with Crippen LogP contribution in [0.2, 0.25) is 0 Å². The molecule has 0 aliphatic carbocycles. The Morgan fingerprint density at radius 1 is 0.258 bits per heavy atom. The van der Waals surface area contributed by atoms with Crippen LogP contribution in [-0.4, -0.2) is 24.1 Å². The van der Waals surface area contributed by atoms with E-state index in [1.165, 1.54) is 49.2 Å². The quantitative estimate of drug-likeness (QED) is 0.162. The van der Waals surface area contributed by atoms with Crippen LogP contribution in [0.15, 0.2) is 224 Å². The van der Waals surface area contributed by atoms with Crippen molar-refractivity contribution in [3.63, 3.8) is 0 Å². The molecule has 3 heterocycles. The molecule has 0 fully saturated rings. The Bertz CT molecular complexity index is 3530. The summed E-state index contributed by atoms with van der Waals surface area (Å²) in [6.07, 6.45) is 0. The van der Waals surface area contributed by atoms with Crippen LogP contribution in [0.4, 0.5) is 0 Å². The van der Waals surface area contributed by atoms with Crippen LogP contribution in [0.25, 0.3) is 111 Å². The molecule has 0 unspecified atom stereocenters. The molecule has 0 N–H and O–H groups in total. The maximum Gasteiger partial charge on any atom is 0.164 e. The van der Waals surface area contributed by atoms with Crippen molar-refractivity contribution in [1.29, 1.82) is 0 Å². The molecule has 0 aliphatic rings. The number of hydrogen-bond acceptors (Lipinski definition) is 3. The summed E-state index contributed by atoms with van der Waals surface area (Å²) in [6.45, 7) is 0. The summed E-state index contributed by atoms with van der Waals surface area (Å²) >= 11 is 0. The summed E-state index contributed by atoms with van der Waals surface area (Å²) in [4.78, 5) is 14.8. The molecule has 0 aliphatic heterocycles. The van der Waals surface area contributed by atoms with Crippen LogP contribution < -0.4 is 0 Å². The van der Waals surface area contributed by atoms with Gasteiger partial charge in [0.2, 0.25) is 0 Å². The normalized spacial score (nSPS) is 11.5. The molecule has 290 valence electrons. The van der Waals surface area contributed by atoms with Crippen molar-refractivity contribution in [2.24, 2.45) is 0 Å². The predicted molar refractivity (Wildman–Crippen MR) is 256 cm³/mol. The van der Waals surface area contributed by atoms with E-state index in [2.05, 4.69) is 173 Å². The largest absolute Gasteiger partial charge is 0.309 e. The average Bonchev–Trinajstić information content (AvgIpc) is 3.87. The molecular formula is C57H37N5. The third kappa shape index (κ3) is 5.98. The number of nitrogens with zero attached hydrogens (tertiary/aromatic N) is 5. The lowest BCUT2D eigenvalue weighted by Crippen LogP contribution is -2.00. The van der Waals surface area contributed by atoms with Gasteiger partial charge in [0.1, 0.15) is 0 Å². The molecule has 3 aromatic heterocycles. The summed E-state index contributed by atoms with van der Waals surface area (Å²) in [6, 6.07) is 79.4. The molecule has 0 atom stereocenters. The van der Waals surface area contributed by atoms with E-state index < -0.39 is 0 Å². The minimum atomic E-state index is 0.640. The van der Waals surface area contributed by atoms with Crippen molar-refractivity contribution in [3.05, 3.63) is 224 Å². The number of fused-ring (bicyclic) bond motifs is 6. The number of rotatable bonds is 7. The van der Waals surface area contributed by atoms with Gasteiger partial charge in [-0.15, -0.1) is 0 Å². The first-order valence-corrected chi connectivity index (χ1v) is 20.9. The highest BCUT2D eigenvalue weighted by atomic mass is 15.0. The van der Waals surface area contributed by atoms with Crippen LogP contribution in [0, 0.1) is 0 Å². The van der Waals surface area contributed by atoms with E-state index in [1.54, 1.807) is 0 Å². The molecule has 0 spiro atoms. The van der Waals surface area contributed by atoms with Crippen molar-refractivity contribution in [2.75, 3.05) is 0 Å². The zero-order valence-corrected chi connectivity index (χ0v) is 33.6. The molecule has 12 aromatic rings. The van der Waals surface area contributed by atoms with E-state index in [0.717, 1.165) is 44.7 Å². The van der Waals surface area contributed by atoms with Crippen molar-refractivity contribution in [1.82, 2.24) is 24.1 Å². The second kappa shape index (κ2) is 14.7. The number of para-hydroxylation sites is 3. The first-order valence-electron chi connectivity index (χ1n) is 20.9. The van der Waals surface area contributed by atoms with Crippen molar-refractivity contribution in [3.8, 4) is 67.8 Å². The van der Waals surface area contributed by atoms with E-state index in [9.17, 15) is 0 Å².